The average molecular weight is 361 g/mol. The molecule has 1 atom stereocenters. The van der Waals surface area contributed by atoms with Crippen LogP contribution in [0.5, 0.6) is 0 Å². The Balaban J connectivity index is 2.05. The van der Waals surface area contributed by atoms with Gasteiger partial charge in [-0.15, -0.1) is 0 Å². The first-order valence-corrected chi connectivity index (χ1v) is 9.37. The molecule has 0 fully saturated rings. The largest absolute Gasteiger partial charge is 0.383 e. The fourth-order valence-corrected chi connectivity index (χ4v) is 3.02. The highest BCUT2D eigenvalue weighted by molar-refractivity contribution is 5.85. The van der Waals surface area contributed by atoms with Crippen molar-refractivity contribution in [3.8, 4) is 0 Å². The molecular weight excluding hydrogens is 328 g/mol. The Bertz CT molecular complexity index is 628. The lowest BCUT2D eigenvalue weighted by Crippen LogP contribution is -2.41. The Hall–Kier alpha value is -2.08. The fraction of sp³-hybridized carbons (Fsp3) is 0.600. The molecule has 1 amide bonds. The van der Waals surface area contributed by atoms with E-state index in [0.717, 1.165) is 0 Å². The maximum Gasteiger partial charge on any atom is 0.243 e. The molecule has 0 aromatic heterocycles. The first-order chi connectivity index (χ1) is 12.5. The third kappa shape index (κ3) is 6.02. The first kappa shape index (κ1) is 20.2. The van der Waals surface area contributed by atoms with Crippen LogP contribution in [0.15, 0.2) is 23.2 Å². The van der Waals surface area contributed by atoms with Crippen molar-refractivity contribution in [2.75, 3.05) is 40.9 Å². The highest BCUT2D eigenvalue weighted by atomic mass is 16.5. The van der Waals surface area contributed by atoms with Gasteiger partial charge in [0.15, 0.2) is 5.96 Å². The normalized spacial score (nSPS) is 15.2. The molecule has 0 heterocycles. The number of methoxy groups -OCH3 is 1. The van der Waals surface area contributed by atoms with Crippen LogP contribution in [-0.2, 0) is 22.4 Å². The molecular formula is C20H32N4O2. The Labute approximate surface area is 157 Å². The van der Waals surface area contributed by atoms with Crippen LogP contribution in [0.3, 0.4) is 0 Å². The molecule has 0 radical (unpaired) electrons. The predicted octanol–water partition coefficient (Wildman–Crippen LogP) is 1.90. The van der Waals surface area contributed by atoms with Crippen LogP contribution in [0, 0.1) is 0 Å². The molecule has 1 aliphatic rings. The molecule has 0 bridgehead atoms. The number of aliphatic imine (C=N–C) groups is 1. The first-order valence-electron chi connectivity index (χ1n) is 9.37. The number of nitrogens with zero attached hydrogens (tertiary/aromatic N) is 2. The summed E-state index contributed by atoms with van der Waals surface area (Å²) in [7, 11) is 5.13. The summed E-state index contributed by atoms with van der Waals surface area (Å²) < 4.78 is 5.09. The number of rotatable bonds is 7. The number of carbonyl (C=O) groups is 1. The third-order valence-electron chi connectivity index (χ3n) is 4.70. The topological polar surface area (TPSA) is 66.0 Å². The van der Waals surface area contributed by atoms with Crippen molar-refractivity contribution in [1.29, 1.82) is 0 Å². The van der Waals surface area contributed by atoms with Crippen LogP contribution in [0.4, 0.5) is 0 Å². The molecule has 1 aromatic carbocycles. The van der Waals surface area contributed by atoms with Gasteiger partial charge in [-0.25, -0.2) is 4.99 Å². The van der Waals surface area contributed by atoms with Gasteiger partial charge < -0.3 is 20.3 Å². The van der Waals surface area contributed by atoms with Gasteiger partial charge in [0.2, 0.25) is 5.91 Å². The molecule has 0 aliphatic heterocycles. The molecule has 0 saturated carbocycles. The lowest BCUT2D eigenvalue weighted by atomic mass is 9.89. The molecule has 144 valence electrons. The van der Waals surface area contributed by atoms with Crippen molar-refractivity contribution in [2.24, 2.45) is 4.99 Å². The average Bonchev–Trinajstić information content (AvgIpc) is 2.65. The second-order valence-electron chi connectivity index (χ2n) is 6.97. The van der Waals surface area contributed by atoms with Crippen LogP contribution in [0.2, 0.25) is 0 Å². The van der Waals surface area contributed by atoms with E-state index in [1.165, 1.54) is 42.4 Å². The number of fused-ring (bicyclic) bond motifs is 1. The molecule has 6 nitrogen and oxygen atoms in total. The second-order valence-corrected chi connectivity index (χ2v) is 6.97. The van der Waals surface area contributed by atoms with Crippen LogP contribution in [0.25, 0.3) is 0 Å². The molecule has 1 aromatic rings. The van der Waals surface area contributed by atoms with Crippen LogP contribution in [0.1, 0.15) is 42.5 Å². The van der Waals surface area contributed by atoms with Crippen molar-refractivity contribution in [3.63, 3.8) is 0 Å². The molecule has 0 spiro atoms. The zero-order valence-electron chi connectivity index (χ0n) is 16.5. The van der Waals surface area contributed by atoms with Gasteiger partial charge in [-0.05, 0) is 49.3 Å². The molecule has 2 rings (SSSR count). The van der Waals surface area contributed by atoms with E-state index in [4.69, 9.17) is 4.74 Å². The van der Waals surface area contributed by atoms with Gasteiger partial charge >= 0.3 is 0 Å². The standard InChI is InChI=1S/C20H32N4O2/c1-15(17-10-9-16-7-5-6-8-18(16)13-17)23-20(21-11-12-26-4)22-14-19(25)24(2)3/h9-10,13,15H,5-8,11-12,14H2,1-4H3,(H2,21,22,23). The number of aryl methyl sites for hydroxylation is 2. The number of carbonyl (C=O) groups excluding carboxylic acids is 1. The number of ether oxygens (including phenoxy) is 1. The molecule has 2 N–H and O–H groups in total. The summed E-state index contributed by atoms with van der Waals surface area (Å²) in [5, 5.41) is 6.63. The lowest BCUT2D eigenvalue weighted by molar-refractivity contribution is -0.127. The zero-order chi connectivity index (χ0) is 18.9. The summed E-state index contributed by atoms with van der Waals surface area (Å²) in [4.78, 5) is 17.8. The van der Waals surface area contributed by atoms with Gasteiger partial charge in [0.1, 0.15) is 6.54 Å². The number of likely N-dealkylation sites (N-methyl/N-ethyl adjacent to an activating group) is 1. The Morgan fingerprint density at radius 2 is 2.00 bits per heavy atom. The van der Waals surface area contributed by atoms with E-state index in [-0.39, 0.29) is 18.5 Å². The highest BCUT2D eigenvalue weighted by Crippen LogP contribution is 2.24. The minimum atomic E-state index is -0.0284. The van der Waals surface area contributed by atoms with Crippen LogP contribution >= 0.6 is 0 Å². The summed E-state index contributed by atoms with van der Waals surface area (Å²) in [6.45, 7) is 3.45. The SMILES string of the molecule is COCCNC(=NCC(=O)N(C)C)NC(C)c1ccc2c(c1)CCCC2. The van der Waals surface area contributed by atoms with Gasteiger partial charge in [-0.2, -0.15) is 0 Å². The van der Waals surface area contributed by atoms with Gasteiger partial charge in [-0.1, -0.05) is 18.2 Å². The Morgan fingerprint density at radius 1 is 1.27 bits per heavy atom. The minimum absolute atomic E-state index is 0.0284. The summed E-state index contributed by atoms with van der Waals surface area (Å²) in [5.74, 6) is 0.599. The smallest absolute Gasteiger partial charge is 0.243 e. The summed E-state index contributed by atoms with van der Waals surface area (Å²) in [6, 6.07) is 6.86. The monoisotopic (exact) mass is 360 g/mol. The molecule has 1 unspecified atom stereocenters. The zero-order valence-corrected chi connectivity index (χ0v) is 16.5. The predicted molar refractivity (Wildman–Crippen MR) is 106 cm³/mol. The van der Waals surface area contributed by atoms with E-state index in [9.17, 15) is 4.79 Å². The summed E-state index contributed by atoms with van der Waals surface area (Å²) >= 11 is 0. The van der Waals surface area contributed by atoms with E-state index in [0.29, 0.717) is 19.1 Å². The summed E-state index contributed by atoms with van der Waals surface area (Å²) in [5.41, 5.74) is 4.19. The number of benzene rings is 1. The molecule has 26 heavy (non-hydrogen) atoms. The number of amides is 1. The minimum Gasteiger partial charge on any atom is -0.383 e. The lowest BCUT2D eigenvalue weighted by Gasteiger charge is -2.22. The van der Waals surface area contributed by atoms with Gasteiger partial charge in [-0.3, -0.25) is 4.79 Å². The van der Waals surface area contributed by atoms with Crippen LogP contribution in [-0.4, -0.2) is 57.7 Å². The van der Waals surface area contributed by atoms with Gasteiger partial charge in [0.25, 0.3) is 0 Å². The van der Waals surface area contributed by atoms with E-state index in [1.54, 1.807) is 26.1 Å². The van der Waals surface area contributed by atoms with Crippen molar-refractivity contribution >= 4 is 11.9 Å². The highest BCUT2D eigenvalue weighted by Gasteiger charge is 2.14. The Morgan fingerprint density at radius 3 is 2.69 bits per heavy atom. The second kappa shape index (κ2) is 10.2. The molecule has 1 aliphatic carbocycles. The number of guanidine groups is 1. The van der Waals surface area contributed by atoms with E-state index in [2.05, 4.69) is 40.7 Å². The fourth-order valence-electron chi connectivity index (χ4n) is 3.02. The maximum atomic E-state index is 11.8. The van der Waals surface area contributed by atoms with Crippen molar-refractivity contribution in [3.05, 3.63) is 34.9 Å². The van der Waals surface area contributed by atoms with E-state index >= 15 is 0 Å². The third-order valence-corrected chi connectivity index (χ3v) is 4.70. The number of nitrogens with one attached hydrogen (secondary N) is 2. The molecule has 6 heteroatoms. The van der Waals surface area contributed by atoms with Crippen molar-refractivity contribution in [1.82, 2.24) is 15.5 Å². The van der Waals surface area contributed by atoms with Gasteiger partial charge in [0, 0.05) is 27.7 Å². The maximum absolute atomic E-state index is 11.8. The molecule has 0 saturated heterocycles. The van der Waals surface area contributed by atoms with E-state index in [1.807, 2.05) is 0 Å². The Kier molecular flexibility index (Phi) is 7.91. The summed E-state index contributed by atoms with van der Waals surface area (Å²) in [6.07, 6.45) is 4.92. The number of hydrogen-bond donors (Lipinski definition) is 2. The van der Waals surface area contributed by atoms with Crippen molar-refractivity contribution < 1.29 is 9.53 Å². The van der Waals surface area contributed by atoms with Crippen LogP contribution < -0.4 is 10.6 Å². The number of hydrogen-bond acceptors (Lipinski definition) is 3. The van der Waals surface area contributed by atoms with E-state index < -0.39 is 0 Å². The van der Waals surface area contributed by atoms with Gasteiger partial charge in [0.05, 0.1) is 12.6 Å². The quantitative estimate of drug-likeness (QED) is 0.443. The van der Waals surface area contributed by atoms with Crippen molar-refractivity contribution in [2.45, 2.75) is 38.6 Å².